The van der Waals surface area contributed by atoms with Gasteiger partial charge in [-0.1, -0.05) is 6.07 Å². The molecule has 0 bridgehead atoms. The summed E-state index contributed by atoms with van der Waals surface area (Å²) < 4.78 is 17.9. The second-order valence-electron chi connectivity index (χ2n) is 4.21. The van der Waals surface area contributed by atoms with Crippen molar-refractivity contribution in [3.63, 3.8) is 0 Å². The molecule has 0 spiro atoms. The molecule has 17 heavy (non-hydrogen) atoms. The lowest BCUT2D eigenvalue weighted by molar-refractivity contribution is 0.168. The van der Waals surface area contributed by atoms with Gasteiger partial charge in [-0.3, -0.25) is 4.90 Å². The van der Waals surface area contributed by atoms with Crippen molar-refractivity contribution in [3.05, 3.63) is 29.6 Å². The molecule has 0 amide bonds. The first-order valence-electron chi connectivity index (χ1n) is 5.74. The van der Waals surface area contributed by atoms with Gasteiger partial charge in [0, 0.05) is 37.9 Å². The van der Waals surface area contributed by atoms with Gasteiger partial charge in [0.15, 0.2) is 0 Å². The van der Waals surface area contributed by atoms with Crippen molar-refractivity contribution in [1.29, 1.82) is 0 Å². The minimum Gasteiger partial charge on any atom is -0.508 e. The number of phenols is 1. The van der Waals surface area contributed by atoms with Crippen LogP contribution in [0.5, 0.6) is 5.75 Å². The monoisotopic (exact) mass is 241 g/mol. The van der Waals surface area contributed by atoms with Gasteiger partial charge in [0.25, 0.3) is 0 Å². The molecule has 1 atom stereocenters. The molecule has 1 aromatic carbocycles. The molecule has 1 aromatic rings. The Balaban J connectivity index is 2.64. The topological polar surface area (TPSA) is 32.7 Å². The van der Waals surface area contributed by atoms with Gasteiger partial charge in [0.05, 0.1) is 0 Å². The molecular formula is C13H20FNO2. The number of benzene rings is 1. The van der Waals surface area contributed by atoms with Crippen molar-refractivity contribution >= 4 is 0 Å². The Morgan fingerprint density at radius 3 is 2.76 bits per heavy atom. The Kier molecular flexibility index (Phi) is 5.38. The highest BCUT2D eigenvalue weighted by Crippen LogP contribution is 2.28. The Hall–Kier alpha value is -1.13. The zero-order chi connectivity index (χ0) is 12.8. The van der Waals surface area contributed by atoms with E-state index in [-0.39, 0.29) is 11.8 Å². The first kappa shape index (κ1) is 13.9. The molecule has 96 valence electrons. The van der Waals surface area contributed by atoms with Gasteiger partial charge in [0.1, 0.15) is 11.6 Å². The molecule has 0 aliphatic carbocycles. The highest BCUT2D eigenvalue weighted by molar-refractivity contribution is 5.34. The lowest BCUT2D eigenvalue weighted by Crippen LogP contribution is -2.24. The fraction of sp³-hybridized carbons (Fsp3) is 0.538. The Labute approximate surface area is 102 Å². The number of rotatable bonds is 6. The van der Waals surface area contributed by atoms with E-state index in [1.165, 1.54) is 6.07 Å². The normalized spacial score (nSPS) is 13.0. The van der Waals surface area contributed by atoms with Gasteiger partial charge in [0.2, 0.25) is 0 Å². The summed E-state index contributed by atoms with van der Waals surface area (Å²) in [6.45, 7) is 3.57. The molecule has 1 unspecified atom stereocenters. The number of halogens is 1. The van der Waals surface area contributed by atoms with E-state index in [2.05, 4.69) is 4.90 Å². The van der Waals surface area contributed by atoms with Crippen molar-refractivity contribution in [2.24, 2.45) is 0 Å². The molecule has 4 heteroatoms. The molecule has 0 heterocycles. The van der Waals surface area contributed by atoms with Crippen LogP contribution in [0.25, 0.3) is 0 Å². The van der Waals surface area contributed by atoms with Crippen molar-refractivity contribution < 1.29 is 14.2 Å². The molecule has 1 N–H and O–H groups in total. The fourth-order valence-corrected chi connectivity index (χ4v) is 1.76. The van der Waals surface area contributed by atoms with Crippen LogP contribution in [0.15, 0.2) is 18.2 Å². The van der Waals surface area contributed by atoms with Crippen LogP contribution in [0.4, 0.5) is 4.39 Å². The van der Waals surface area contributed by atoms with E-state index < -0.39 is 5.82 Å². The Bertz CT molecular complexity index is 357. The number of ether oxygens (including phenoxy) is 1. The summed E-state index contributed by atoms with van der Waals surface area (Å²) in [6, 6.07) is 4.19. The maximum Gasteiger partial charge on any atom is 0.126 e. The van der Waals surface area contributed by atoms with Gasteiger partial charge in [-0.2, -0.15) is 0 Å². The number of methoxy groups -OCH3 is 1. The summed E-state index contributed by atoms with van der Waals surface area (Å²) in [7, 11) is 3.65. The average Bonchev–Trinajstić information content (AvgIpc) is 2.28. The van der Waals surface area contributed by atoms with Crippen molar-refractivity contribution in [1.82, 2.24) is 4.90 Å². The van der Waals surface area contributed by atoms with E-state index in [4.69, 9.17) is 4.74 Å². The number of hydrogen-bond acceptors (Lipinski definition) is 3. The van der Waals surface area contributed by atoms with E-state index in [9.17, 15) is 9.50 Å². The average molecular weight is 241 g/mol. The molecule has 0 fully saturated rings. The van der Waals surface area contributed by atoms with Gasteiger partial charge in [-0.05, 0) is 26.5 Å². The van der Waals surface area contributed by atoms with Crippen LogP contribution in [-0.4, -0.2) is 37.3 Å². The van der Waals surface area contributed by atoms with Crippen LogP contribution < -0.4 is 0 Å². The van der Waals surface area contributed by atoms with E-state index in [0.29, 0.717) is 6.61 Å². The molecule has 3 nitrogen and oxygen atoms in total. The standard InChI is InChI=1S/C13H20FNO2/c1-10(15(2)7-4-8-17-3)12-6-5-11(14)9-13(12)16/h5-6,9-10,16H,4,7-8H2,1-3H3. The number of phenolic OH excluding ortho intramolecular Hbond substituents is 1. The third kappa shape index (κ3) is 3.98. The van der Waals surface area contributed by atoms with Crippen LogP contribution in [0.1, 0.15) is 24.9 Å². The van der Waals surface area contributed by atoms with Crippen molar-refractivity contribution in [2.75, 3.05) is 27.3 Å². The largest absolute Gasteiger partial charge is 0.508 e. The molecular weight excluding hydrogens is 221 g/mol. The van der Waals surface area contributed by atoms with E-state index in [1.807, 2.05) is 14.0 Å². The zero-order valence-corrected chi connectivity index (χ0v) is 10.6. The maximum atomic E-state index is 12.9. The number of nitrogens with zero attached hydrogens (tertiary/aromatic N) is 1. The maximum absolute atomic E-state index is 12.9. The van der Waals surface area contributed by atoms with Gasteiger partial charge in [-0.15, -0.1) is 0 Å². The smallest absolute Gasteiger partial charge is 0.126 e. The molecule has 0 saturated heterocycles. The lowest BCUT2D eigenvalue weighted by Gasteiger charge is -2.25. The Morgan fingerprint density at radius 1 is 1.47 bits per heavy atom. The van der Waals surface area contributed by atoms with Crippen LogP contribution in [0.2, 0.25) is 0 Å². The summed E-state index contributed by atoms with van der Waals surface area (Å²) in [4.78, 5) is 2.10. The second-order valence-corrected chi connectivity index (χ2v) is 4.21. The molecule has 0 aliphatic heterocycles. The molecule has 0 aromatic heterocycles. The van der Waals surface area contributed by atoms with Crippen LogP contribution in [-0.2, 0) is 4.74 Å². The fourth-order valence-electron chi connectivity index (χ4n) is 1.76. The zero-order valence-electron chi connectivity index (χ0n) is 10.6. The van der Waals surface area contributed by atoms with Crippen LogP contribution >= 0.6 is 0 Å². The summed E-state index contributed by atoms with van der Waals surface area (Å²) in [5.74, 6) is -0.406. The minimum atomic E-state index is -0.416. The predicted octanol–water partition coefficient (Wildman–Crippen LogP) is 2.56. The third-order valence-electron chi connectivity index (χ3n) is 2.96. The predicted molar refractivity (Wildman–Crippen MR) is 65.6 cm³/mol. The lowest BCUT2D eigenvalue weighted by atomic mass is 10.1. The number of aromatic hydroxyl groups is 1. The van der Waals surface area contributed by atoms with Gasteiger partial charge in [-0.25, -0.2) is 4.39 Å². The summed E-state index contributed by atoms with van der Waals surface area (Å²) in [6.07, 6.45) is 0.930. The molecule has 1 rings (SSSR count). The van der Waals surface area contributed by atoms with Gasteiger partial charge < -0.3 is 9.84 Å². The molecule has 0 aliphatic rings. The first-order chi connectivity index (χ1) is 8.06. The molecule has 0 radical (unpaired) electrons. The highest BCUT2D eigenvalue weighted by Gasteiger charge is 2.15. The minimum absolute atomic E-state index is 0.0103. The van der Waals surface area contributed by atoms with Crippen molar-refractivity contribution in [2.45, 2.75) is 19.4 Å². The first-order valence-corrected chi connectivity index (χ1v) is 5.74. The summed E-state index contributed by atoms with van der Waals surface area (Å²) in [5.41, 5.74) is 0.742. The summed E-state index contributed by atoms with van der Waals surface area (Å²) >= 11 is 0. The van der Waals surface area contributed by atoms with Crippen LogP contribution in [0.3, 0.4) is 0 Å². The Morgan fingerprint density at radius 2 is 2.18 bits per heavy atom. The van der Waals surface area contributed by atoms with Gasteiger partial charge >= 0.3 is 0 Å². The highest BCUT2D eigenvalue weighted by atomic mass is 19.1. The van der Waals surface area contributed by atoms with Crippen LogP contribution in [0, 0.1) is 5.82 Å². The summed E-state index contributed by atoms with van der Waals surface area (Å²) in [5, 5.41) is 9.69. The SMILES string of the molecule is COCCCN(C)C(C)c1ccc(F)cc1O. The third-order valence-corrected chi connectivity index (χ3v) is 2.96. The van der Waals surface area contributed by atoms with E-state index in [0.717, 1.165) is 24.6 Å². The van der Waals surface area contributed by atoms with E-state index >= 15 is 0 Å². The molecule has 0 saturated carbocycles. The number of hydrogen-bond donors (Lipinski definition) is 1. The van der Waals surface area contributed by atoms with E-state index in [1.54, 1.807) is 13.2 Å². The second kappa shape index (κ2) is 6.57. The quantitative estimate of drug-likeness (QED) is 0.777. The van der Waals surface area contributed by atoms with Crippen molar-refractivity contribution in [3.8, 4) is 5.75 Å².